The first-order valence-corrected chi connectivity index (χ1v) is 14.9. The molecule has 5 aromatic heterocycles. The molecule has 0 aliphatic rings. The average Bonchev–Trinajstić information content (AvgIpc) is 3.44. The summed E-state index contributed by atoms with van der Waals surface area (Å²) < 4.78 is 6.17. The van der Waals surface area contributed by atoms with Gasteiger partial charge in [-0.25, -0.2) is 4.98 Å². The van der Waals surface area contributed by atoms with Gasteiger partial charge in [0.25, 0.3) is 0 Å². The summed E-state index contributed by atoms with van der Waals surface area (Å²) in [6.45, 7) is 8.14. The van der Waals surface area contributed by atoms with Crippen LogP contribution < -0.4 is 0 Å². The molecule has 8 rings (SSSR count). The normalized spacial score (nSPS) is 10.9. The summed E-state index contributed by atoms with van der Waals surface area (Å²) in [5.74, 6) is 0. The molecule has 46 heavy (non-hydrogen) atoms. The number of fused-ring (bicyclic) bond motifs is 4. The monoisotopic (exact) mass is 775 g/mol. The molecule has 0 fully saturated rings. The molecule has 0 bridgehead atoms. The number of rotatable bonds is 3. The molecule has 0 saturated heterocycles. The third-order valence-electron chi connectivity index (χ3n) is 7.89. The van der Waals surface area contributed by atoms with Crippen LogP contribution in [0.1, 0.15) is 22.4 Å². The Hall–Kier alpha value is -5.03. The van der Waals surface area contributed by atoms with Crippen LogP contribution in [0.4, 0.5) is 0 Å². The van der Waals surface area contributed by atoms with Gasteiger partial charge in [-0.2, -0.15) is 0 Å². The molecular formula is C40H30IrN4O-2. The zero-order chi connectivity index (χ0) is 30.9. The zero-order valence-electron chi connectivity index (χ0n) is 25.9. The van der Waals surface area contributed by atoms with Crippen molar-refractivity contribution in [1.82, 2.24) is 19.9 Å². The number of pyridine rings is 4. The molecule has 227 valence electrons. The van der Waals surface area contributed by atoms with Gasteiger partial charge in [0, 0.05) is 55.2 Å². The summed E-state index contributed by atoms with van der Waals surface area (Å²) in [7, 11) is 0. The van der Waals surface area contributed by atoms with E-state index in [0.29, 0.717) is 5.71 Å². The van der Waals surface area contributed by atoms with Crippen LogP contribution >= 0.6 is 0 Å². The van der Waals surface area contributed by atoms with Crippen LogP contribution in [0.3, 0.4) is 0 Å². The van der Waals surface area contributed by atoms with E-state index in [-0.39, 0.29) is 20.1 Å². The Kier molecular flexibility index (Phi) is 8.85. The zero-order valence-corrected chi connectivity index (χ0v) is 28.3. The maximum absolute atomic E-state index is 6.17. The summed E-state index contributed by atoms with van der Waals surface area (Å²) in [5.41, 5.74) is 12.8. The number of nitrogens with zero attached hydrogens (tertiary/aromatic N) is 4. The minimum absolute atomic E-state index is 0. The SMILES string of the molecule is Cc1c[c-]c(-c2ccc(C)cn2)cc1.Cc1ccc2c(n1)oc1c(-c3cc(-c4cccc5ncccc45)c(C)cn3)[c-]ccc12.[Ir]. The number of aromatic nitrogens is 4. The summed E-state index contributed by atoms with van der Waals surface area (Å²) in [6.07, 6.45) is 5.62. The largest absolute Gasteiger partial charge is 0.486 e. The van der Waals surface area contributed by atoms with Crippen molar-refractivity contribution >= 4 is 33.0 Å². The van der Waals surface area contributed by atoms with Crippen molar-refractivity contribution in [2.24, 2.45) is 0 Å². The molecule has 0 unspecified atom stereocenters. The summed E-state index contributed by atoms with van der Waals surface area (Å²) in [4.78, 5) is 18.1. The Morgan fingerprint density at radius 3 is 2.30 bits per heavy atom. The van der Waals surface area contributed by atoms with Crippen LogP contribution in [0.25, 0.3) is 66.6 Å². The molecule has 0 aliphatic heterocycles. The van der Waals surface area contributed by atoms with E-state index in [1.807, 2.05) is 87.0 Å². The second-order valence-electron chi connectivity index (χ2n) is 11.3. The van der Waals surface area contributed by atoms with Gasteiger partial charge in [-0.05, 0) is 78.7 Å². The Morgan fingerprint density at radius 1 is 0.652 bits per heavy atom. The second kappa shape index (κ2) is 13.1. The van der Waals surface area contributed by atoms with Crippen molar-refractivity contribution in [3.05, 3.63) is 144 Å². The van der Waals surface area contributed by atoms with Crippen LogP contribution in [0, 0.1) is 39.8 Å². The van der Waals surface area contributed by atoms with Crippen LogP contribution in [0.5, 0.6) is 0 Å². The summed E-state index contributed by atoms with van der Waals surface area (Å²) in [6, 6.07) is 37.2. The van der Waals surface area contributed by atoms with E-state index in [1.165, 1.54) is 11.1 Å². The van der Waals surface area contributed by atoms with E-state index in [2.05, 4.69) is 77.3 Å². The fourth-order valence-electron chi connectivity index (χ4n) is 5.48. The summed E-state index contributed by atoms with van der Waals surface area (Å²) >= 11 is 0. The third-order valence-corrected chi connectivity index (χ3v) is 7.89. The molecule has 0 aliphatic carbocycles. The van der Waals surface area contributed by atoms with E-state index in [0.717, 1.165) is 72.2 Å². The first-order valence-electron chi connectivity index (χ1n) is 14.9. The Bertz CT molecular complexity index is 2260. The van der Waals surface area contributed by atoms with E-state index < -0.39 is 0 Å². The standard InChI is InChI=1S/C27H18N3O.C13H12N.Ir/c1-16-15-29-25(14-23(16)18-6-4-10-24-19(18)9-5-13-28-24)22-8-3-7-20-21-12-11-17(2)30-27(21)31-26(20)22;1-10-3-6-12(7-4-10)13-8-5-11(2)9-14-13;/h3-7,9-15H,1-2H3;3-6,8-9H,1-2H3;/q2*-1;. The van der Waals surface area contributed by atoms with Gasteiger partial charge in [-0.3, -0.25) is 4.98 Å². The van der Waals surface area contributed by atoms with E-state index in [9.17, 15) is 0 Å². The molecule has 3 aromatic carbocycles. The predicted octanol–water partition coefficient (Wildman–Crippen LogP) is 9.84. The van der Waals surface area contributed by atoms with Crippen molar-refractivity contribution in [2.75, 3.05) is 0 Å². The summed E-state index contributed by atoms with van der Waals surface area (Å²) in [5, 5.41) is 3.15. The molecule has 5 heterocycles. The predicted molar refractivity (Wildman–Crippen MR) is 182 cm³/mol. The molecule has 0 saturated carbocycles. The van der Waals surface area contributed by atoms with Gasteiger partial charge in [-0.15, -0.1) is 53.6 Å². The van der Waals surface area contributed by atoms with E-state index >= 15 is 0 Å². The average molecular weight is 775 g/mol. The number of hydrogen-bond acceptors (Lipinski definition) is 5. The van der Waals surface area contributed by atoms with Gasteiger partial charge >= 0.3 is 0 Å². The van der Waals surface area contributed by atoms with E-state index in [4.69, 9.17) is 9.40 Å². The second-order valence-corrected chi connectivity index (χ2v) is 11.3. The van der Waals surface area contributed by atoms with Gasteiger partial charge in [0.1, 0.15) is 0 Å². The molecular weight excluding hydrogens is 745 g/mol. The van der Waals surface area contributed by atoms with E-state index in [1.54, 1.807) is 0 Å². The molecule has 0 spiro atoms. The Morgan fingerprint density at radius 2 is 1.50 bits per heavy atom. The number of hydrogen-bond donors (Lipinski definition) is 0. The van der Waals surface area contributed by atoms with Crippen molar-refractivity contribution in [1.29, 1.82) is 0 Å². The fourth-order valence-corrected chi connectivity index (χ4v) is 5.48. The molecule has 0 N–H and O–H groups in total. The van der Waals surface area contributed by atoms with Crippen molar-refractivity contribution in [3.8, 4) is 33.6 Å². The molecule has 0 atom stereocenters. The Labute approximate surface area is 281 Å². The fraction of sp³-hybridized carbons (Fsp3) is 0.100. The molecule has 0 amide bonds. The van der Waals surface area contributed by atoms with Crippen molar-refractivity contribution in [3.63, 3.8) is 0 Å². The third kappa shape index (κ3) is 6.10. The number of benzene rings is 3. The maximum Gasteiger partial charge on any atom is 0.216 e. The van der Waals surface area contributed by atoms with Crippen LogP contribution in [0.2, 0.25) is 0 Å². The number of aryl methyl sites for hydroxylation is 4. The smallest absolute Gasteiger partial charge is 0.216 e. The number of furan rings is 1. The Balaban J connectivity index is 0.000000209. The molecule has 6 heteroatoms. The maximum atomic E-state index is 6.17. The van der Waals surface area contributed by atoms with Gasteiger partial charge in [0.15, 0.2) is 0 Å². The van der Waals surface area contributed by atoms with Crippen molar-refractivity contribution in [2.45, 2.75) is 27.7 Å². The minimum atomic E-state index is 0. The first-order chi connectivity index (χ1) is 21.9. The molecule has 1 radical (unpaired) electrons. The van der Waals surface area contributed by atoms with Gasteiger partial charge in [-0.1, -0.05) is 54.3 Å². The topological polar surface area (TPSA) is 64.7 Å². The van der Waals surface area contributed by atoms with Crippen LogP contribution in [-0.4, -0.2) is 19.9 Å². The minimum Gasteiger partial charge on any atom is -0.486 e. The molecule has 5 nitrogen and oxygen atoms in total. The quantitative estimate of drug-likeness (QED) is 0.167. The van der Waals surface area contributed by atoms with Crippen molar-refractivity contribution < 1.29 is 24.5 Å². The van der Waals surface area contributed by atoms with Gasteiger partial charge < -0.3 is 14.4 Å². The first kappa shape index (κ1) is 31.0. The van der Waals surface area contributed by atoms with Crippen LogP contribution in [-0.2, 0) is 20.1 Å². The van der Waals surface area contributed by atoms with Crippen LogP contribution in [0.15, 0.2) is 114 Å². The molecule has 8 aromatic rings. The van der Waals surface area contributed by atoms with Gasteiger partial charge in [0.05, 0.1) is 11.1 Å². The van der Waals surface area contributed by atoms with Gasteiger partial charge in [0.2, 0.25) is 5.71 Å².